The number of carbonyl (C=O) groups excluding carboxylic acids is 1. The summed E-state index contributed by atoms with van der Waals surface area (Å²) in [5.74, 6) is 0.972. The van der Waals surface area contributed by atoms with Crippen LogP contribution in [0.4, 0.5) is 0 Å². The van der Waals surface area contributed by atoms with Crippen LogP contribution in [-0.2, 0) is 9.53 Å². The largest absolute Gasteiger partial charge is 0.363 e. The molecular formula is C13H16O2. The van der Waals surface area contributed by atoms with Crippen LogP contribution >= 0.6 is 0 Å². The number of hydrogen-bond donors (Lipinski definition) is 0. The maximum absolute atomic E-state index is 11.3. The van der Waals surface area contributed by atoms with Gasteiger partial charge in [-0.15, -0.1) is 0 Å². The molecule has 2 heteroatoms. The molecule has 0 bridgehead atoms. The molecule has 0 amide bonds. The monoisotopic (exact) mass is 204 g/mol. The van der Waals surface area contributed by atoms with Gasteiger partial charge in [0.25, 0.3) is 0 Å². The number of hydrogen-bond acceptors (Lipinski definition) is 2. The quantitative estimate of drug-likeness (QED) is 0.483. The zero-order chi connectivity index (χ0) is 10.3. The minimum absolute atomic E-state index is 0.282. The van der Waals surface area contributed by atoms with Crippen molar-refractivity contribution in [1.82, 2.24) is 0 Å². The van der Waals surface area contributed by atoms with Crippen LogP contribution in [0.1, 0.15) is 25.7 Å². The minimum atomic E-state index is -0.490. The van der Waals surface area contributed by atoms with Crippen LogP contribution in [0, 0.1) is 11.8 Å². The third-order valence-electron chi connectivity index (χ3n) is 4.13. The molecule has 4 atom stereocenters. The smallest absolute Gasteiger partial charge is 0.152 e. The Morgan fingerprint density at radius 2 is 1.93 bits per heavy atom. The fourth-order valence-corrected chi connectivity index (χ4v) is 3.35. The first-order valence-corrected chi connectivity index (χ1v) is 5.80. The predicted octanol–water partition coefficient (Wildman–Crippen LogP) is 2.26. The summed E-state index contributed by atoms with van der Waals surface area (Å²) in [7, 11) is 0. The molecule has 0 aromatic heterocycles. The molecule has 1 aliphatic heterocycles. The van der Waals surface area contributed by atoms with Crippen LogP contribution in [0.3, 0.4) is 0 Å². The van der Waals surface area contributed by atoms with E-state index >= 15 is 0 Å². The van der Waals surface area contributed by atoms with Crippen molar-refractivity contribution in [1.29, 1.82) is 0 Å². The first-order chi connectivity index (χ1) is 7.36. The molecule has 0 spiro atoms. The lowest BCUT2D eigenvalue weighted by Gasteiger charge is -2.31. The molecule has 1 fully saturated rings. The van der Waals surface area contributed by atoms with Crippen LogP contribution in [0.5, 0.6) is 0 Å². The highest BCUT2D eigenvalue weighted by molar-refractivity contribution is 5.65. The second-order valence-corrected chi connectivity index (χ2v) is 4.85. The van der Waals surface area contributed by atoms with Crippen LogP contribution < -0.4 is 0 Å². The number of rotatable bonds is 1. The second kappa shape index (κ2) is 3.31. The molecule has 0 aromatic carbocycles. The highest BCUT2D eigenvalue weighted by Crippen LogP contribution is 2.49. The van der Waals surface area contributed by atoms with Gasteiger partial charge in [0.15, 0.2) is 6.29 Å². The number of fused-ring (bicyclic) bond motifs is 3. The van der Waals surface area contributed by atoms with Gasteiger partial charge < -0.3 is 9.53 Å². The molecule has 3 aliphatic rings. The molecule has 0 N–H and O–H groups in total. The zero-order valence-corrected chi connectivity index (χ0v) is 8.76. The highest BCUT2D eigenvalue weighted by Gasteiger charge is 2.54. The summed E-state index contributed by atoms with van der Waals surface area (Å²) in [6, 6.07) is 0. The normalized spacial score (nSPS) is 47.3. The van der Waals surface area contributed by atoms with E-state index in [-0.39, 0.29) is 6.10 Å². The summed E-state index contributed by atoms with van der Waals surface area (Å²) in [4.78, 5) is 11.3. The topological polar surface area (TPSA) is 26.3 Å². The van der Waals surface area contributed by atoms with Gasteiger partial charge in [-0.1, -0.05) is 24.3 Å². The van der Waals surface area contributed by atoms with Gasteiger partial charge >= 0.3 is 0 Å². The third-order valence-corrected chi connectivity index (χ3v) is 4.13. The number of carbonyl (C=O) groups is 1. The lowest BCUT2D eigenvalue weighted by Crippen LogP contribution is -2.39. The molecule has 15 heavy (non-hydrogen) atoms. The molecule has 0 radical (unpaired) electrons. The Balaban J connectivity index is 1.95. The SMILES string of the molecule is O=C[C@]12CC=CC[C@@H]1[C@@H]1CC=CC[C@@H]1O2. The van der Waals surface area contributed by atoms with Gasteiger partial charge in [0.1, 0.15) is 5.60 Å². The van der Waals surface area contributed by atoms with Crippen LogP contribution in [0.15, 0.2) is 24.3 Å². The van der Waals surface area contributed by atoms with Crippen molar-refractivity contribution in [2.24, 2.45) is 11.8 Å². The molecule has 0 saturated carbocycles. The molecular weight excluding hydrogens is 188 g/mol. The Bertz CT molecular complexity index is 331. The van der Waals surface area contributed by atoms with Crippen molar-refractivity contribution in [3.05, 3.63) is 24.3 Å². The van der Waals surface area contributed by atoms with E-state index in [9.17, 15) is 4.79 Å². The Labute approximate surface area is 90.0 Å². The van der Waals surface area contributed by atoms with E-state index < -0.39 is 5.60 Å². The fourth-order valence-electron chi connectivity index (χ4n) is 3.35. The van der Waals surface area contributed by atoms with Crippen molar-refractivity contribution >= 4 is 6.29 Å². The Hall–Kier alpha value is -0.890. The van der Waals surface area contributed by atoms with Gasteiger partial charge in [0.05, 0.1) is 6.10 Å². The van der Waals surface area contributed by atoms with E-state index in [1.807, 2.05) is 0 Å². The van der Waals surface area contributed by atoms with Crippen molar-refractivity contribution < 1.29 is 9.53 Å². The Morgan fingerprint density at radius 3 is 2.80 bits per heavy atom. The van der Waals surface area contributed by atoms with Crippen LogP contribution in [0.25, 0.3) is 0 Å². The first kappa shape index (κ1) is 9.34. The van der Waals surface area contributed by atoms with Crippen molar-refractivity contribution in [2.45, 2.75) is 37.4 Å². The van der Waals surface area contributed by atoms with E-state index in [0.29, 0.717) is 11.8 Å². The number of ether oxygens (including phenoxy) is 1. The van der Waals surface area contributed by atoms with Gasteiger partial charge in [-0.05, 0) is 25.2 Å². The minimum Gasteiger partial charge on any atom is -0.363 e. The van der Waals surface area contributed by atoms with E-state index in [1.165, 1.54) is 0 Å². The van der Waals surface area contributed by atoms with Gasteiger partial charge in [0, 0.05) is 12.3 Å². The third kappa shape index (κ3) is 1.24. The molecule has 1 saturated heterocycles. The van der Waals surface area contributed by atoms with E-state index in [0.717, 1.165) is 32.0 Å². The average molecular weight is 204 g/mol. The summed E-state index contributed by atoms with van der Waals surface area (Å²) in [6.07, 6.45) is 13.9. The van der Waals surface area contributed by atoms with E-state index in [1.54, 1.807) is 0 Å². The van der Waals surface area contributed by atoms with Crippen molar-refractivity contribution in [3.63, 3.8) is 0 Å². The summed E-state index contributed by atoms with van der Waals surface area (Å²) in [5.41, 5.74) is -0.490. The maximum Gasteiger partial charge on any atom is 0.152 e. The van der Waals surface area contributed by atoms with E-state index in [2.05, 4.69) is 24.3 Å². The van der Waals surface area contributed by atoms with Crippen molar-refractivity contribution in [2.75, 3.05) is 0 Å². The first-order valence-electron chi connectivity index (χ1n) is 5.80. The molecule has 0 aromatic rings. The number of allylic oxidation sites excluding steroid dienone is 2. The molecule has 2 nitrogen and oxygen atoms in total. The highest BCUT2D eigenvalue weighted by atomic mass is 16.5. The van der Waals surface area contributed by atoms with E-state index in [4.69, 9.17) is 4.74 Å². The Morgan fingerprint density at radius 1 is 1.13 bits per heavy atom. The van der Waals surface area contributed by atoms with Crippen LogP contribution in [-0.4, -0.2) is 18.0 Å². The maximum atomic E-state index is 11.3. The molecule has 3 rings (SSSR count). The lowest BCUT2D eigenvalue weighted by atomic mass is 9.71. The van der Waals surface area contributed by atoms with Gasteiger partial charge in [-0.3, -0.25) is 0 Å². The summed E-state index contributed by atoms with van der Waals surface area (Å²) < 4.78 is 6.04. The second-order valence-electron chi connectivity index (χ2n) is 4.85. The standard InChI is InChI=1S/C13H16O2/c14-9-13-8-4-3-6-11(13)10-5-1-2-7-12(10)15-13/h1-4,9-12H,5-8H2/t10-,11+,12-,13+/m0/s1. The lowest BCUT2D eigenvalue weighted by molar-refractivity contribution is -0.133. The summed E-state index contributed by atoms with van der Waals surface area (Å²) >= 11 is 0. The molecule has 2 aliphatic carbocycles. The van der Waals surface area contributed by atoms with Crippen molar-refractivity contribution in [3.8, 4) is 0 Å². The zero-order valence-electron chi connectivity index (χ0n) is 8.76. The van der Waals surface area contributed by atoms with Crippen LogP contribution in [0.2, 0.25) is 0 Å². The Kier molecular flexibility index (Phi) is 2.06. The van der Waals surface area contributed by atoms with Gasteiger partial charge in [0.2, 0.25) is 0 Å². The summed E-state index contributed by atoms with van der Waals surface area (Å²) in [6.45, 7) is 0. The number of aldehydes is 1. The van der Waals surface area contributed by atoms with Gasteiger partial charge in [-0.2, -0.15) is 0 Å². The molecule has 1 heterocycles. The summed E-state index contributed by atoms with van der Waals surface area (Å²) in [5, 5.41) is 0. The predicted molar refractivity (Wildman–Crippen MR) is 57.4 cm³/mol. The fraction of sp³-hybridized carbons (Fsp3) is 0.615. The molecule has 80 valence electrons. The molecule has 0 unspecified atom stereocenters. The average Bonchev–Trinajstić information content (AvgIpc) is 2.64. The van der Waals surface area contributed by atoms with Gasteiger partial charge in [-0.25, -0.2) is 0 Å².